The minimum Gasteiger partial charge on any atom is -0.496 e. The molecule has 0 radical (unpaired) electrons. The van der Waals surface area contributed by atoms with Crippen molar-refractivity contribution in [2.24, 2.45) is 5.41 Å². The molecule has 1 aromatic rings. The topological polar surface area (TPSA) is 21.7 Å². The first kappa shape index (κ1) is 20.5. The van der Waals surface area contributed by atoms with Gasteiger partial charge in [0, 0.05) is 31.2 Å². The van der Waals surface area contributed by atoms with Gasteiger partial charge in [-0.3, -0.25) is 4.90 Å². The van der Waals surface area contributed by atoms with E-state index in [-0.39, 0.29) is 11.5 Å². The third-order valence-corrected chi connectivity index (χ3v) is 3.94. The molecule has 134 valence electrons. The third kappa shape index (κ3) is 6.55. The van der Waals surface area contributed by atoms with Crippen LogP contribution in [-0.2, 0) is 11.3 Å². The smallest absolute Gasteiger partial charge is 0.123 e. The Balaban J connectivity index is 3.08. The lowest BCUT2D eigenvalue weighted by Crippen LogP contribution is -2.35. The van der Waals surface area contributed by atoms with Gasteiger partial charge in [0.2, 0.25) is 0 Å². The van der Waals surface area contributed by atoms with Crippen LogP contribution in [0.5, 0.6) is 5.75 Å². The van der Waals surface area contributed by atoms with Gasteiger partial charge in [-0.25, -0.2) is 0 Å². The number of aryl methyl sites for hydroxylation is 2. The molecule has 1 unspecified atom stereocenters. The maximum absolute atomic E-state index is 5.61. The van der Waals surface area contributed by atoms with Crippen molar-refractivity contribution in [3.63, 3.8) is 0 Å². The zero-order valence-electron chi connectivity index (χ0n) is 16.6. The molecule has 0 amide bonds. The molecule has 1 aromatic carbocycles. The summed E-state index contributed by atoms with van der Waals surface area (Å²) in [4.78, 5) is 2.35. The first-order valence-corrected chi connectivity index (χ1v) is 8.57. The van der Waals surface area contributed by atoms with E-state index < -0.39 is 0 Å². The normalized spacial score (nSPS) is 12.7. The lowest BCUT2D eigenvalue weighted by Gasteiger charge is -2.27. The zero-order chi connectivity index (χ0) is 18.3. The summed E-state index contributed by atoms with van der Waals surface area (Å²) in [6, 6.07) is 4.46. The SMILES string of the molecule is COCCN(Cc1c(C)cc(C)cc1OC)C(C)C#CC(C)(C)C. The molecule has 0 spiro atoms. The first-order valence-electron chi connectivity index (χ1n) is 8.57. The molecular weight excluding hydrogens is 298 g/mol. The van der Waals surface area contributed by atoms with Crippen molar-refractivity contribution in [1.82, 2.24) is 4.90 Å². The van der Waals surface area contributed by atoms with Crippen molar-refractivity contribution < 1.29 is 9.47 Å². The second kappa shape index (κ2) is 9.11. The summed E-state index contributed by atoms with van der Waals surface area (Å²) in [5.41, 5.74) is 3.71. The lowest BCUT2D eigenvalue weighted by atomic mass is 9.97. The standard InChI is InChI=1S/C21H33NO2/c1-16-13-17(2)19(20(14-16)24-8)15-22(11-12-23-7)18(3)9-10-21(4,5)6/h13-14,18H,11-12,15H2,1-8H3. The first-order chi connectivity index (χ1) is 11.2. The van der Waals surface area contributed by atoms with E-state index in [9.17, 15) is 0 Å². The predicted octanol–water partition coefficient (Wildman–Crippen LogP) is 4.20. The van der Waals surface area contributed by atoms with Crippen LogP contribution in [0.15, 0.2) is 12.1 Å². The Labute approximate surface area is 148 Å². The molecule has 0 bridgehead atoms. The third-order valence-electron chi connectivity index (χ3n) is 3.94. The fraction of sp³-hybridized carbons (Fsp3) is 0.619. The molecular formula is C21H33NO2. The van der Waals surface area contributed by atoms with Crippen LogP contribution >= 0.6 is 0 Å². The molecule has 0 aliphatic carbocycles. The van der Waals surface area contributed by atoms with E-state index in [0.29, 0.717) is 6.61 Å². The highest BCUT2D eigenvalue weighted by molar-refractivity contribution is 5.43. The Hall–Kier alpha value is -1.50. The van der Waals surface area contributed by atoms with Gasteiger partial charge in [0.25, 0.3) is 0 Å². The van der Waals surface area contributed by atoms with Gasteiger partial charge < -0.3 is 9.47 Å². The van der Waals surface area contributed by atoms with E-state index in [1.54, 1.807) is 14.2 Å². The Bertz CT molecular complexity index is 590. The molecule has 1 rings (SSSR count). The summed E-state index contributed by atoms with van der Waals surface area (Å²) >= 11 is 0. The van der Waals surface area contributed by atoms with Gasteiger partial charge in [0.05, 0.1) is 19.8 Å². The van der Waals surface area contributed by atoms with E-state index in [0.717, 1.165) is 18.8 Å². The van der Waals surface area contributed by atoms with Crippen LogP contribution in [0.1, 0.15) is 44.4 Å². The van der Waals surface area contributed by atoms with Crippen molar-refractivity contribution in [3.8, 4) is 17.6 Å². The predicted molar refractivity (Wildman–Crippen MR) is 101 cm³/mol. The summed E-state index contributed by atoms with van der Waals surface area (Å²) in [5.74, 6) is 7.70. The molecule has 0 heterocycles. The quantitative estimate of drug-likeness (QED) is 0.699. The number of nitrogens with zero attached hydrogens (tertiary/aromatic N) is 1. The summed E-state index contributed by atoms with van der Waals surface area (Å²) in [6.45, 7) is 15.1. The molecule has 1 atom stereocenters. The highest BCUT2D eigenvalue weighted by atomic mass is 16.5. The fourth-order valence-electron chi connectivity index (χ4n) is 2.58. The molecule has 0 aliphatic heterocycles. The van der Waals surface area contributed by atoms with Crippen molar-refractivity contribution in [3.05, 3.63) is 28.8 Å². The number of methoxy groups -OCH3 is 2. The van der Waals surface area contributed by atoms with E-state index in [4.69, 9.17) is 9.47 Å². The van der Waals surface area contributed by atoms with E-state index >= 15 is 0 Å². The van der Waals surface area contributed by atoms with Gasteiger partial charge in [-0.1, -0.05) is 17.9 Å². The van der Waals surface area contributed by atoms with E-state index in [1.165, 1.54) is 16.7 Å². The van der Waals surface area contributed by atoms with Gasteiger partial charge >= 0.3 is 0 Å². The van der Waals surface area contributed by atoms with E-state index in [1.807, 2.05) is 0 Å². The minimum absolute atomic E-state index is 0.0126. The monoisotopic (exact) mass is 331 g/mol. The molecule has 3 nitrogen and oxygen atoms in total. The van der Waals surface area contributed by atoms with Gasteiger partial charge in [0.1, 0.15) is 5.75 Å². The van der Waals surface area contributed by atoms with Crippen LogP contribution < -0.4 is 4.74 Å². The van der Waals surface area contributed by atoms with Crippen molar-refractivity contribution in [2.45, 2.75) is 54.1 Å². The van der Waals surface area contributed by atoms with Gasteiger partial charge in [-0.15, -0.1) is 0 Å². The second-order valence-electron chi connectivity index (χ2n) is 7.42. The van der Waals surface area contributed by atoms with Crippen LogP contribution in [-0.4, -0.2) is 38.3 Å². The summed E-state index contributed by atoms with van der Waals surface area (Å²) in [5, 5.41) is 0. The van der Waals surface area contributed by atoms with Gasteiger partial charge in [-0.05, 0) is 58.7 Å². The molecule has 0 fully saturated rings. The molecule has 0 saturated carbocycles. The minimum atomic E-state index is 0.0126. The number of hydrogen-bond acceptors (Lipinski definition) is 3. The number of ether oxygens (including phenoxy) is 2. The highest BCUT2D eigenvalue weighted by Crippen LogP contribution is 2.26. The number of rotatable bonds is 7. The Kier molecular flexibility index (Phi) is 7.79. The second-order valence-corrected chi connectivity index (χ2v) is 7.42. The summed E-state index contributed by atoms with van der Waals surface area (Å²) in [7, 11) is 3.47. The largest absolute Gasteiger partial charge is 0.496 e. The van der Waals surface area contributed by atoms with Gasteiger partial charge in [-0.2, -0.15) is 0 Å². The Morgan fingerprint density at radius 3 is 2.38 bits per heavy atom. The Morgan fingerprint density at radius 1 is 1.17 bits per heavy atom. The number of benzene rings is 1. The molecule has 0 aromatic heterocycles. The molecule has 24 heavy (non-hydrogen) atoms. The fourth-order valence-corrected chi connectivity index (χ4v) is 2.58. The average Bonchev–Trinajstić information content (AvgIpc) is 2.49. The maximum atomic E-state index is 5.61. The highest BCUT2D eigenvalue weighted by Gasteiger charge is 2.17. The summed E-state index contributed by atoms with van der Waals surface area (Å²) < 4.78 is 10.9. The van der Waals surface area contributed by atoms with Crippen LogP contribution in [0.25, 0.3) is 0 Å². The zero-order valence-corrected chi connectivity index (χ0v) is 16.6. The van der Waals surface area contributed by atoms with Crippen LogP contribution in [0.2, 0.25) is 0 Å². The van der Waals surface area contributed by atoms with E-state index in [2.05, 4.69) is 70.4 Å². The molecule has 0 N–H and O–H groups in total. The van der Waals surface area contributed by atoms with Crippen molar-refractivity contribution in [2.75, 3.05) is 27.4 Å². The Morgan fingerprint density at radius 2 is 1.83 bits per heavy atom. The molecule has 0 saturated heterocycles. The number of hydrogen-bond donors (Lipinski definition) is 0. The van der Waals surface area contributed by atoms with Crippen LogP contribution in [0, 0.1) is 31.1 Å². The van der Waals surface area contributed by atoms with Crippen molar-refractivity contribution in [1.29, 1.82) is 0 Å². The van der Waals surface area contributed by atoms with Gasteiger partial charge in [0.15, 0.2) is 0 Å². The molecule has 3 heteroatoms. The maximum Gasteiger partial charge on any atom is 0.123 e. The lowest BCUT2D eigenvalue weighted by molar-refractivity contribution is 0.133. The van der Waals surface area contributed by atoms with Crippen LogP contribution in [0.4, 0.5) is 0 Å². The average molecular weight is 332 g/mol. The van der Waals surface area contributed by atoms with Crippen LogP contribution in [0.3, 0.4) is 0 Å². The van der Waals surface area contributed by atoms with Crippen molar-refractivity contribution >= 4 is 0 Å². The summed E-state index contributed by atoms with van der Waals surface area (Å²) in [6.07, 6.45) is 0. The molecule has 0 aliphatic rings.